The molecule has 0 spiro atoms. The van der Waals surface area contributed by atoms with E-state index in [-0.39, 0.29) is 6.61 Å². The Labute approximate surface area is 121 Å². The van der Waals surface area contributed by atoms with Gasteiger partial charge in [0.2, 0.25) is 0 Å². The van der Waals surface area contributed by atoms with Gasteiger partial charge in [-0.3, -0.25) is 0 Å². The predicted molar refractivity (Wildman–Crippen MR) is 52.2 cm³/mol. The van der Waals surface area contributed by atoms with Gasteiger partial charge in [0.1, 0.15) is 12.8 Å². The summed E-state index contributed by atoms with van der Waals surface area (Å²) >= 11 is 0. The smallest absolute Gasteiger partial charge is 0.394 e. The van der Waals surface area contributed by atoms with Crippen molar-refractivity contribution in [1.29, 1.82) is 0 Å². The summed E-state index contributed by atoms with van der Waals surface area (Å²) in [7, 11) is 0. The molecule has 0 aliphatic heterocycles. The van der Waals surface area contributed by atoms with Crippen LogP contribution in [0.2, 0.25) is 0 Å². The van der Waals surface area contributed by atoms with Crippen LogP contribution in [-0.4, -0.2) is 47.6 Å². The van der Waals surface area contributed by atoms with Gasteiger partial charge in [-0.25, -0.2) is 0 Å². The predicted octanol–water partition coefficient (Wildman–Crippen LogP) is 4.36. The third-order valence-electron chi connectivity index (χ3n) is 1.07. The third kappa shape index (κ3) is 44.9. The molecule has 0 aliphatic rings. The fraction of sp³-hybridized carbons (Fsp3) is 1.00. The molecule has 0 aromatic carbocycles. The van der Waals surface area contributed by atoms with Gasteiger partial charge in [0, 0.05) is 0 Å². The summed E-state index contributed by atoms with van der Waals surface area (Å²) in [5.74, 6) is 0. The Morgan fingerprint density at radius 1 is 0.609 bits per heavy atom. The van der Waals surface area contributed by atoms with Gasteiger partial charge in [0.05, 0.1) is 12.7 Å². The summed E-state index contributed by atoms with van der Waals surface area (Å²) in [5, 5.41) is 16.0. The molecule has 0 aromatic heterocycles. The lowest BCUT2D eigenvalue weighted by atomic mass is 10.4. The summed E-state index contributed by atoms with van der Waals surface area (Å²) in [6.45, 7) is 1.39. The molecule has 0 fully saturated rings. The number of halogens is 12. The second-order valence-corrected chi connectivity index (χ2v) is 3.85. The van der Waals surface area contributed by atoms with E-state index in [1.54, 1.807) is 0 Å². The second kappa shape index (κ2) is 10.1. The molecule has 0 aliphatic carbocycles. The Kier molecular flexibility index (Phi) is 11.8. The molecule has 0 aromatic rings. The lowest BCUT2D eigenvalue weighted by Crippen LogP contribution is -2.20. The molecule has 144 valence electrons. The van der Waals surface area contributed by atoms with Crippen molar-refractivity contribution in [3.05, 3.63) is 0 Å². The van der Waals surface area contributed by atoms with Gasteiger partial charge < -0.3 is 10.2 Å². The molecule has 1 unspecified atom stereocenters. The number of aliphatic hydroxyl groups is 2. The van der Waals surface area contributed by atoms with Crippen molar-refractivity contribution < 1.29 is 62.9 Å². The first-order chi connectivity index (χ1) is 9.68. The highest BCUT2D eigenvalue weighted by Crippen LogP contribution is 2.32. The average Bonchev–Trinajstić information content (AvgIpc) is 2.06. The molecule has 2 nitrogen and oxygen atoms in total. The lowest BCUT2D eigenvalue weighted by Gasteiger charge is -2.08. The quantitative estimate of drug-likeness (QED) is 0.664. The fourth-order valence-electron chi connectivity index (χ4n) is 0.455. The number of hydrogen-bond acceptors (Lipinski definition) is 2. The molecular weight excluding hydrogens is 368 g/mol. The SMILES string of the molecule is CC(O)CO.FC(F)(F)CC(F)(F)F.FC(F)(F)CC(F)(F)F. The van der Waals surface area contributed by atoms with E-state index in [2.05, 4.69) is 0 Å². The van der Waals surface area contributed by atoms with Crippen molar-refractivity contribution in [2.75, 3.05) is 6.61 Å². The Morgan fingerprint density at radius 3 is 0.739 bits per heavy atom. The van der Waals surface area contributed by atoms with E-state index in [0.29, 0.717) is 0 Å². The molecule has 1 atom stereocenters. The maximum Gasteiger partial charge on any atom is 0.397 e. The van der Waals surface area contributed by atoms with Gasteiger partial charge in [-0.1, -0.05) is 0 Å². The van der Waals surface area contributed by atoms with Crippen LogP contribution in [0.4, 0.5) is 52.7 Å². The first-order valence-electron chi connectivity index (χ1n) is 5.24. The standard InChI is InChI=1S/2C3H2F6.C3H8O2/c2*4-2(5,6)1-3(7,8)9;1-3(5)2-4/h2*1H2;3-5H,2H2,1H3. The molecular formula is C9H12F12O2. The van der Waals surface area contributed by atoms with E-state index in [4.69, 9.17) is 10.2 Å². The first kappa shape index (κ1) is 27.0. The van der Waals surface area contributed by atoms with E-state index < -0.39 is 43.7 Å². The highest BCUT2D eigenvalue weighted by atomic mass is 19.4. The van der Waals surface area contributed by atoms with Crippen molar-refractivity contribution in [3.8, 4) is 0 Å². The van der Waals surface area contributed by atoms with Crippen molar-refractivity contribution in [3.63, 3.8) is 0 Å². The van der Waals surface area contributed by atoms with E-state index in [0.717, 1.165) is 0 Å². The van der Waals surface area contributed by atoms with Crippen LogP contribution in [0.5, 0.6) is 0 Å². The zero-order chi connectivity index (χ0) is 19.7. The topological polar surface area (TPSA) is 40.5 Å². The largest absolute Gasteiger partial charge is 0.397 e. The normalized spacial score (nSPS) is 14.2. The molecule has 0 saturated carbocycles. The molecule has 0 radical (unpaired) electrons. The molecule has 0 heterocycles. The van der Waals surface area contributed by atoms with Gasteiger partial charge in [-0.05, 0) is 6.92 Å². The van der Waals surface area contributed by atoms with Crippen LogP contribution < -0.4 is 0 Å². The summed E-state index contributed by atoms with van der Waals surface area (Å²) in [4.78, 5) is 0. The Balaban J connectivity index is -0.000000273. The molecule has 2 N–H and O–H groups in total. The number of hydrogen-bond donors (Lipinski definition) is 2. The minimum absolute atomic E-state index is 0.139. The molecule has 14 heteroatoms. The van der Waals surface area contributed by atoms with Crippen LogP contribution in [0, 0.1) is 0 Å². The van der Waals surface area contributed by atoms with E-state index in [1.807, 2.05) is 0 Å². The minimum atomic E-state index is -5.14. The molecule has 0 saturated heterocycles. The van der Waals surface area contributed by atoms with Crippen molar-refractivity contribution >= 4 is 0 Å². The zero-order valence-electron chi connectivity index (χ0n) is 11.1. The van der Waals surface area contributed by atoms with Gasteiger partial charge in [0.25, 0.3) is 0 Å². The molecule has 23 heavy (non-hydrogen) atoms. The maximum absolute atomic E-state index is 10.8. The van der Waals surface area contributed by atoms with Gasteiger partial charge in [0.15, 0.2) is 0 Å². The van der Waals surface area contributed by atoms with Crippen molar-refractivity contribution in [1.82, 2.24) is 0 Å². The summed E-state index contributed by atoms with van der Waals surface area (Å²) in [6, 6.07) is 0. The molecule has 0 rings (SSSR count). The highest BCUT2D eigenvalue weighted by Gasteiger charge is 2.44. The van der Waals surface area contributed by atoms with Gasteiger partial charge in [-0.15, -0.1) is 0 Å². The van der Waals surface area contributed by atoms with Crippen LogP contribution in [0.25, 0.3) is 0 Å². The minimum Gasteiger partial charge on any atom is -0.394 e. The van der Waals surface area contributed by atoms with Gasteiger partial charge in [-0.2, -0.15) is 52.7 Å². The van der Waals surface area contributed by atoms with E-state index >= 15 is 0 Å². The van der Waals surface area contributed by atoms with Crippen LogP contribution >= 0.6 is 0 Å². The lowest BCUT2D eigenvalue weighted by molar-refractivity contribution is -0.233. The molecule has 0 amide bonds. The van der Waals surface area contributed by atoms with Crippen LogP contribution in [0.3, 0.4) is 0 Å². The fourth-order valence-corrected chi connectivity index (χ4v) is 0.455. The van der Waals surface area contributed by atoms with E-state index in [9.17, 15) is 52.7 Å². The van der Waals surface area contributed by atoms with Crippen LogP contribution in [0.1, 0.15) is 19.8 Å². The highest BCUT2D eigenvalue weighted by molar-refractivity contribution is 4.58. The zero-order valence-corrected chi connectivity index (χ0v) is 11.1. The van der Waals surface area contributed by atoms with Crippen LogP contribution in [-0.2, 0) is 0 Å². The molecule has 0 bridgehead atoms. The van der Waals surface area contributed by atoms with Crippen LogP contribution in [0.15, 0.2) is 0 Å². The van der Waals surface area contributed by atoms with Crippen molar-refractivity contribution in [2.24, 2.45) is 0 Å². The summed E-state index contributed by atoms with van der Waals surface area (Å²) in [5.41, 5.74) is 0. The van der Waals surface area contributed by atoms with Crippen molar-refractivity contribution in [2.45, 2.75) is 50.6 Å². The second-order valence-electron chi connectivity index (χ2n) is 3.85. The first-order valence-corrected chi connectivity index (χ1v) is 5.24. The third-order valence-corrected chi connectivity index (χ3v) is 1.07. The number of aliphatic hydroxyl groups excluding tert-OH is 2. The Hall–Kier alpha value is -0.920. The summed E-state index contributed by atoms with van der Waals surface area (Å²) < 4.78 is 130. The number of rotatable bonds is 1. The Bertz CT molecular complexity index is 235. The Morgan fingerprint density at radius 2 is 0.739 bits per heavy atom. The number of alkyl halides is 12. The average molecular weight is 380 g/mol. The maximum atomic E-state index is 10.8. The van der Waals surface area contributed by atoms with E-state index in [1.165, 1.54) is 6.92 Å². The summed E-state index contributed by atoms with van der Waals surface area (Å²) in [6.07, 6.45) is -26.5. The van der Waals surface area contributed by atoms with Gasteiger partial charge >= 0.3 is 24.7 Å². The monoisotopic (exact) mass is 380 g/mol.